The monoisotopic (exact) mass is 626 g/mol. The quantitative estimate of drug-likeness (QED) is 0.193. The van der Waals surface area contributed by atoms with E-state index in [0.29, 0.717) is 18.3 Å². The summed E-state index contributed by atoms with van der Waals surface area (Å²) < 4.78 is 32.2. The Kier molecular flexibility index (Phi) is 10.7. The molecule has 0 bridgehead atoms. The standard InChI is InChI=1S/C28H29Cl3N2O6S/c1-4-16(3)15-39-18-7-9-19(10-8-18)40(37,38)26(5-2)28(36)32-23-14-25(34)24(13-22(23)31)33-27(35)17-6-11-20(29)21(30)12-17/h6-14,16,26,34H,4-5,15H2,1-3H3,(H,32,36)(H,33,35). The van der Waals surface area contributed by atoms with Gasteiger partial charge in [-0.15, -0.1) is 0 Å². The van der Waals surface area contributed by atoms with E-state index in [4.69, 9.17) is 39.5 Å². The van der Waals surface area contributed by atoms with Gasteiger partial charge in [-0.1, -0.05) is 62.0 Å². The van der Waals surface area contributed by atoms with Crippen molar-refractivity contribution in [2.45, 2.75) is 43.8 Å². The number of ether oxygens (including phenoxy) is 1. The number of amides is 2. The number of hydrogen-bond donors (Lipinski definition) is 3. The summed E-state index contributed by atoms with van der Waals surface area (Å²) in [6.45, 7) is 6.19. The number of phenolic OH excluding ortho intramolecular Hbond substituents is 1. The average Bonchev–Trinajstić information content (AvgIpc) is 2.92. The van der Waals surface area contributed by atoms with E-state index >= 15 is 0 Å². The summed E-state index contributed by atoms with van der Waals surface area (Å²) in [7, 11) is -4.06. The van der Waals surface area contributed by atoms with E-state index in [9.17, 15) is 23.1 Å². The second-order valence-electron chi connectivity index (χ2n) is 9.16. The Bertz CT molecular complexity index is 1500. The number of rotatable bonds is 11. The van der Waals surface area contributed by atoms with E-state index in [-0.39, 0.29) is 43.3 Å². The van der Waals surface area contributed by atoms with Crippen LogP contribution in [0.5, 0.6) is 11.5 Å². The van der Waals surface area contributed by atoms with Crippen LogP contribution >= 0.6 is 34.8 Å². The van der Waals surface area contributed by atoms with Gasteiger partial charge in [0.15, 0.2) is 9.84 Å². The van der Waals surface area contributed by atoms with Crippen LogP contribution in [-0.2, 0) is 14.6 Å². The number of carbonyl (C=O) groups excluding carboxylic acids is 2. The van der Waals surface area contributed by atoms with Crippen molar-refractivity contribution in [3.05, 3.63) is 75.2 Å². The smallest absolute Gasteiger partial charge is 0.255 e. The van der Waals surface area contributed by atoms with E-state index in [2.05, 4.69) is 24.5 Å². The molecule has 0 fully saturated rings. The molecule has 0 saturated carbocycles. The van der Waals surface area contributed by atoms with Crippen LogP contribution in [0.3, 0.4) is 0 Å². The molecule has 214 valence electrons. The van der Waals surface area contributed by atoms with Crippen LogP contribution in [0.15, 0.2) is 59.5 Å². The number of sulfone groups is 1. The van der Waals surface area contributed by atoms with Crippen LogP contribution in [0.2, 0.25) is 15.1 Å². The Morgan fingerprint density at radius 2 is 1.55 bits per heavy atom. The van der Waals surface area contributed by atoms with Crippen molar-refractivity contribution in [3.63, 3.8) is 0 Å². The zero-order valence-corrected chi connectivity index (χ0v) is 25.1. The fraction of sp³-hybridized carbons (Fsp3) is 0.286. The minimum absolute atomic E-state index is 0.0121. The molecule has 0 radical (unpaired) electrons. The molecule has 8 nitrogen and oxygen atoms in total. The minimum Gasteiger partial charge on any atom is -0.506 e. The number of benzene rings is 3. The van der Waals surface area contributed by atoms with Gasteiger partial charge in [-0.05, 0) is 60.9 Å². The molecule has 0 spiro atoms. The van der Waals surface area contributed by atoms with Gasteiger partial charge in [0, 0.05) is 11.6 Å². The highest BCUT2D eigenvalue weighted by molar-refractivity contribution is 7.92. The van der Waals surface area contributed by atoms with Gasteiger partial charge in [0.1, 0.15) is 16.7 Å². The highest BCUT2D eigenvalue weighted by Crippen LogP contribution is 2.35. The second-order valence-corrected chi connectivity index (χ2v) is 12.5. The third-order valence-corrected chi connectivity index (χ3v) is 9.47. The molecule has 0 saturated heterocycles. The van der Waals surface area contributed by atoms with Crippen LogP contribution in [0, 0.1) is 5.92 Å². The number of phenols is 1. The molecule has 3 N–H and O–H groups in total. The number of aromatic hydroxyl groups is 1. The normalized spacial score (nSPS) is 12.8. The largest absolute Gasteiger partial charge is 0.506 e. The van der Waals surface area contributed by atoms with Crippen molar-refractivity contribution < 1.29 is 27.9 Å². The van der Waals surface area contributed by atoms with Gasteiger partial charge in [-0.2, -0.15) is 0 Å². The van der Waals surface area contributed by atoms with Gasteiger partial charge in [0.05, 0.1) is 37.9 Å². The summed E-state index contributed by atoms with van der Waals surface area (Å²) in [5.74, 6) is -0.929. The molecule has 3 aromatic carbocycles. The first-order valence-electron chi connectivity index (χ1n) is 12.4. The fourth-order valence-corrected chi connectivity index (χ4v) is 5.73. The first-order chi connectivity index (χ1) is 18.9. The zero-order valence-electron chi connectivity index (χ0n) is 22.0. The van der Waals surface area contributed by atoms with E-state index in [1.807, 2.05) is 0 Å². The van der Waals surface area contributed by atoms with Gasteiger partial charge >= 0.3 is 0 Å². The lowest BCUT2D eigenvalue weighted by atomic mass is 10.1. The number of carbonyl (C=O) groups is 2. The molecule has 0 aliphatic heterocycles. The summed E-state index contributed by atoms with van der Waals surface area (Å²) in [6.07, 6.45) is 0.944. The maximum Gasteiger partial charge on any atom is 0.255 e. The van der Waals surface area contributed by atoms with Gasteiger partial charge in [-0.25, -0.2) is 8.42 Å². The van der Waals surface area contributed by atoms with Crippen molar-refractivity contribution in [1.82, 2.24) is 0 Å². The lowest BCUT2D eigenvalue weighted by Gasteiger charge is -2.18. The first kappa shape index (κ1) is 31.5. The number of hydrogen-bond acceptors (Lipinski definition) is 6. The van der Waals surface area contributed by atoms with Crippen molar-refractivity contribution in [2.75, 3.05) is 17.2 Å². The molecular weight excluding hydrogens is 599 g/mol. The van der Waals surface area contributed by atoms with Crippen molar-refractivity contribution in [1.29, 1.82) is 0 Å². The molecule has 12 heteroatoms. The van der Waals surface area contributed by atoms with Crippen LogP contribution in [-0.4, -0.2) is 37.2 Å². The minimum atomic E-state index is -4.06. The molecule has 3 rings (SSSR count). The third kappa shape index (κ3) is 7.60. The number of nitrogens with one attached hydrogen (secondary N) is 2. The predicted molar refractivity (Wildman–Crippen MR) is 159 cm³/mol. The Labute approximate surface area is 248 Å². The summed E-state index contributed by atoms with van der Waals surface area (Å²) in [5.41, 5.74) is 0.127. The van der Waals surface area contributed by atoms with Gasteiger partial charge in [0.25, 0.3) is 5.91 Å². The predicted octanol–water partition coefficient (Wildman–Crippen LogP) is 7.22. The van der Waals surface area contributed by atoms with Crippen LogP contribution in [0.4, 0.5) is 11.4 Å². The van der Waals surface area contributed by atoms with Gasteiger partial charge in [-0.3, -0.25) is 9.59 Å². The molecule has 0 aromatic heterocycles. The SMILES string of the molecule is CCC(C)COc1ccc(S(=O)(=O)C(CC)C(=O)Nc2cc(O)c(NC(=O)c3ccc(Cl)c(Cl)c3)cc2Cl)cc1. The molecule has 40 heavy (non-hydrogen) atoms. The lowest BCUT2D eigenvalue weighted by molar-refractivity contribution is -0.115. The summed E-state index contributed by atoms with van der Waals surface area (Å²) in [4.78, 5) is 25.6. The highest BCUT2D eigenvalue weighted by Gasteiger charge is 2.33. The lowest BCUT2D eigenvalue weighted by Crippen LogP contribution is -2.34. The molecule has 3 aromatic rings. The van der Waals surface area contributed by atoms with Crippen LogP contribution in [0.25, 0.3) is 0 Å². The van der Waals surface area contributed by atoms with Crippen LogP contribution < -0.4 is 15.4 Å². The Hall–Kier alpha value is -2.98. The Balaban J connectivity index is 1.74. The maximum absolute atomic E-state index is 13.3. The van der Waals surface area contributed by atoms with Crippen molar-refractivity contribution >= 4 is 67.8 Å². The van der Waals surface area contributed by atoms with Crippen LogP contribution in [0.1, 0.15) is 44.0 Å². The third-order valence-electron chi connectivity index (χ3n) is 6.19. The van der Waals surface area contributed by atoms with E-state index in [1.54, 1.807) is 19.1 Å². The Morgan fingerprint density at radius 3 is 2.15 bits per heavy atom. The Morgan fingerprint density at radius 1 is 0.875 bits per heavy atom. The molecule has 2 unspecified atom stereocenters. The summed E-state index contributed by atoms with van der Waals surface area (Å²) in [6, 6.07) is 12.5. The highest BCUT2D eigenvalue weighted by atomic mass is 35.5. The number of anilines is 2. The molecule has 0 aliphatic rings. The van der Waals surface area contributed by atoms with Crippen molar-refractivity contribution in [3.8, 4) is 11.5 Å². The van der Waals surface area contributed by atoms with E-state index in [1.165, 1.54) is 36.4 Å². The molecular formula is C28H29Cl3N2O6S. The van der Waals surface area contributed by atoms with Crippen molar-refractivity contribution in [2.24, 2.45) is 5.92 Å². The summed E-state index contributed by atoms with van der Waals surface area (Å²) >= 11 is 18.1. The van der Waals surface area contributed by atoms with E-state index in [0.717, 1.165) is 12.5 Å². The van der Waals surface area contributed by atoms with Gasteiger partial charge in [0.2, 0.25) is 5.91 Å². The second kappa shape index (κ2) is 13.6. The topological polar surface area (TPSA) is 122 Å². The molecule has 0 aliphatic carbocycles. The average molecular weight is 628 g/mol. The van der Waals surface area contributed by atoms with E-state index < -0.39 is 32.7 Å². The maximum atomic E-state index is 13.3. The first-order valence-corrected chi connectivity index (χ1v) is 15.1. The fourth-order valence-electron chi connectivity index (χ4n) is 3.59. The number of halogens is 3. The zero-order chi connectivity index (χ0) is 29.6. The molecule has 2 amide bonds. The van der Waals surface area contributed by atoms with Gasteiger partial charge < -0.3 is 20.5 Å². The summed E-state index contributed by atoms with van der Waals surface area (Å²) in [5, 5.41) is 14.5. The molecule has 0 heterocycles. The molecule has 2 atom stereocenters.